The van der Waals surface area contributed by atoms with Crippen molar-refractivity contribution < 1.29 is 19.7 Å². The Hall–Kier alpha value is -3.79. The van der Waals surface area contributed by atoms with Gasteiger partial charge in [0.1, 0.15) is 11.6 Å². The first-order chi connectivity index (χ1) is 17.1. The summed E-state index contributed by atoms with van der Waals surface area (Å²) in [6, 6.07) is 3.40. The van der Waals surface area contributed by atoms with E-state index in [9.17, 15) is 18.4 Å². The van der Waals surface area contributed by atoms with Crippen molar-refractivity contribution in [3.63, 3.8) is 0 Å². The molecule has 1 unspecified atom stereocenters. The number of nitrogen functional groups attached to an aromatic ring is 1. The van der Waals surface area contributed by atoms with Gasteiger partial charge in [-0.2, -0.15) is 4.39 Å². The molecule has 11 heteroatoms. The third-order valence-electron chi connectivity index (χ3n) is 6.24. The first-order valence-corrected chi connectivity index (χ1v) is 11.3. The second kappa shape index (κ2) is 8.77. The van der Waals surface area contributed by atoms with E-state index in [1.54, 1.807) is 4.90 Å². The Bertz CT molecular complexity index is 1440. The number of nitrogens with zero attached hydrogens (tertiary/aromatic N) is 3. The van der Waals surface area contributed by atoms with E-state index in [4.69, 9.17) is 18.7 Å². The van der Waals surface area contributed by atoms with Crippen molar-refractivity contribution in [2.24, 2.45) is 0 Å². The third kappa shape index (κ3) is 4.14. The van der Waals surface area contributed by atoms with Crippen molar-refractivity contribution >= 4 is 40.5 Å². The van der Waals surface area contributed by atoms with Gasteiger partial charge in [0.25, 0.3) is 0 Å². The molecule has 3 aromatic rings. The number of aromatic amines is 1. The van der Waals surface area contributed by atoms with E-state index >= 15 is 0 Å². The minimum atomic E-state index is -0.878. The van der Waals surface area contributed by atoms with E-state index in [1.807, 2.05) is 0 Å². The number of carbonyl (C=O) groups excluding carboxylic acids is 2. The molecule has 8 nitrogen and oxygen atoms in total. The Morgan fingerprint density at radius 3 is 2.91 bits per heavy atom. The SMILES string of the molecule is [2H]c1cc(-c2cnc([C@@H]3CCC4CC(c5c(N)ccc(Cl)c5F)=CC(=O)N43)[nH]2)c(F)nc1NC(C)=O. The van der Waals surface area contributed by atoms with Gasteiger partial charge in [0.05, 0.1) is 29.9 Å². The van der Waals surface area contributed by atoms with E-state index < -0.39 is 17.7 Å². The predicted molar refractivity (Wildman–Crippen MR) is 127 cm³/mol. The highest BCUT2D eigenvalue weighted by Gasteiger charge is 2.42. The van der Waals surface area contributed by atoms with Crippen LogP contribution in [0.3, 0.4) is 0 Å². The number of halogens is 3. The van der Waals surface area contributed by atoms with Crippen LogP contribution < -0.4 is 11.1 Å². The second-order valence-electron chi connectivity index (χ2n) is 8.51. The van der Waals surface area contributed by atoms with E-state index in [0.717, 1.165) is 0 Å². The number of anilines is 2. The number of nitrogens with two attached hydrogens (primary N) is 1. The molecular weight excluding hydrogens is 478 g/mol. The molecule has 2 aliphatic rings. The Morgan fingerprint density at radius 2 is 2.14 bits per heavy atom. The fraction of sp³-hybridized carbons (Fsp3) is 0.250. The summed E-state index contributed by atoms with van der Waals surface area (Å²) < 4.78 is 37.4. The molecule has 2 atom stereocenters. The van der Waals surface area contributed by atoms with Gasteiger partial charge in [-0.1, -0.05) is 11.6 Å². The first-order valence-electron chi connectivity index (χ1n) is 11.4. The number of rotatable bonds is 4. The van der Waals surface area contributed by atoms with Gasteiger partial charge in [0.2, 0.25) is 17.8 Å². The highest BCUT2D eigenvalue weighted by Crippen LogP contribution is 2.44. The quantitative estimate of drug-likeness (QED) is 0.362. The molecule has 4 N–H and O–H groups in total. The number of carbonyl (C=O) groups is 2. The maximum atomic E-state index is 14.7. The Labute approximate surface area is 205 Å². The van der Waals surface area contributed by atoms with E-state index in [2.05, 4.69) is 20.3 Å². The average Bonchev–Trinajstić information content (AvgIpc) is 3.46. The minimum Gasteiger partial charge on any atom is -0.398 e. The van der Waals surface area contributed by atoms with Gasteiger partial charge in [-0.15, -0.1) is 0 Å². The number of hydrogen-bond acceptors (Lipinski definition) is 5. The monoisotopic (exact) mass is 499 g/mol. The zero-order valence-corrected chi connectivity index (χ0v) is 19.3. The van der Waals surface area contributed by atoms with Crippen LogP contribution in [0.1, 0.15) is 45.0 Å². The topological polar surface area (TPSA) is 117 Å². The number of imidazole rings is 1. The van der Waals surface area contributed by atoms with Gasteiger partial charge in [0.15, 0.2) is 5.82 Å². The molecule has 0 radical (unpaired) electrons. The van der Waals surface area contributed by atoms with Gasteiger partial charge in [-0.25, -0.2) is 14.4 Å². The molecule has 0 bridgehead atoms. The molecule has 2 amide bonds. The smallest absolute Gasteiger partial charge is 0.247 e. The lowest BCUT2D eigenvalue weighted by Crippen LogP contribution is -2.39. The van der Waals surface area contributed by atoms with Gasteiger partial charge in [-0.3, -0.25) is 9.59 Å². The molecule has 2 aliphatic heterocycles. The number of H-pyrrole nitrogens is 1. The zero-order valence-electron chi connectivity index (χ0n) is 19.5. The van der Waals surface area contributed by atoms with Crippen LogP contribution in [0.2, 0.25) is 5.02 Å². The summed E-state index contributed by atoms with van der Waals surface area (Å²) in [6.45, 7) is 1.24. The molecule has 0 spiro atoms. The third-order valence-corrected chi connectivity index (χ3v) is 6.53. The summed E-state index contributed by atoms with van der Waals surface area (Å²) in [4.78, 5) is 37.1. The standard InChI is InChI=1S/C24H21ClF2N6O2/c1-11(34)30-19-7-3-14(23(27)32-19)17-10-29-24(31-17)18-6-2-13-8-12(9-20(35)33(13)18)21-16(28)5-4-15(25)22(21)26/h3-5,7,9-10,13,18H,2,6,8,28H2,1H3,(H,29,31)(H,30,32,34)/t13?,18-/m0/s1/i7D. The maximum absolute atomic E-state index is 14.7. The predicted octanol–water partition coefficient (Wildman–Crippen LogP) is 4.46. The van der Waals surface area contributed by atoms with Crippen molar-refractivity contribution in [2.45, 2.75) is 38.3 Å². The molecular formula is C24H21ClF2N6O2. The summed E-state index contributed by atoms with van der Waals surface area (Å²) >= 11 is 5.93. The number of pyridine rings is 1. The first kappa shape index (κ1) is 21.7. The van der Waals surface area contributed by atoms with Crippen molar-refractivity contribution in [3.8, 4) is 11.3 Å². The van der Waals surface area contributed by atoms with Gasteiger partial charge in [-0.05, 0) is 49.1 Å². The van der Waals surface area contributed by atoms with Crippen LogP contribution in [0.4, 0.5) is 20.3 Å². The van der Waals surface area contributed by atoms with E-state index in [1.165, 1.54) is 37.4 Å². The van der Waals surface area contributed by atoms with Gasteiger partial charge < -0.3 is 20.9 Å². The molecule has 0 aliphatic carbocycles. The van der Waals surface area contributed by atoms with Crippen LogP contribution in [0.15, 0.2) is 36.5 Å². The highest BCUT2D eigenvalue weighted by atomic mass is 35.5. The molecule has 2 aromatic heterocycles. The largest absolute Gasteiger partial charge is 0.398 e. The van der Waals surface area contributed by atoms with Crippen LogP contribution in [-0.2, 0) is 9.59 Å². The molecule has 1 saturated heterocycles. The van der Waals surface area contributed by atoms with Gasteiger partial charge >= 0.3 is 0 Å². The lowest BCUT2D eigenvalue weighted by Gasteiger charge is -2.33. The highest BCUT2D eigenvalue weighted by molar-refractivity contribution is 6.31. The summed E-state index contributed by atoms with van der Waals surface area (Å²) in [7, 11) is 0. The number of benzene rings is 1. The lowest BCUT2D eigenvalue weighted by molar-refractivity contribution is -0.129. The lowest BCUT2D eigenvalue weighted by atomic mass is 9.92. The summed E-state index contributed by atoms with van der Waals surface area (Å²) in [5, 5.41) is 2.25. The summed E-state index contributed by atoms with van der Waals surface area (Å²) in [6.07, 6.45) is 4.45. The normalized spacial score (nSPS) is 19.9. The zero-order chi connectivity index (χ0) is 25.7. The summed E-state index contributed by atoms with van der Waals surface area (Å²) in [5.74, 6) is -2.02. The molecule has 1 aromatic carbocycles. The Morgan fingerprint density at radius 1 is 1.34 bits per heavy atom. The Balaban J connectivity index is 1.42. The van der Waals surface area contributed by atoms with Crippen molar-refractivity contribution in [3.05, 3.63) is 64.7 Å². The molecule has 5 rings (SSSR count). The molecule has 1 fully saturated rings. The molecule has 0 saturated carbocycles. The second-order valence-corrected chi connectivity index (χ2v) is 8.92. The van der Waals surface area contributed by atoms with Crippen LogP contribution >= 0.6 is 11.6 Å². The molecule has 4 heterocycles. The van der Waals surface area contributed by atoms with Gasteiger partial charge in [0, 0.05) is 30.3 Å². The van der Waals surface area contributed by atoms with Crippen molar-refractivity contribution in [1.29, 1.82) is 0 Å². The van der Waals surface area contributed by atoms with Crippen LogP contribution in [0.25, 0.3) is 16.8 Å². The van der Waals surface area contributed by atoms with Crippen LogP contribution in [-0.4, -0.2) is 37.7 Å². The van der Waals surface area contributed by atoms with E-state index in [-0.39, 0.29) is 57.4 Å². The van der Waals surface area contributed by atoms with E-state index in [0.29, 0.717) is 30.7 Å². The number of nitrogens with one attached hydrogen (secondary N) is 2. The fourth-order valence-electron chi connectivity index (χ4n) is 4.74. The Kier molecular flexibility index (Phi) is 5.44. The minimum absolute atomic E-state index is 0.0152. The number of aromatic nitrogens is 3. The fourth-order valence-corrected chi connectivity index (χ4v) is 4.90. The summed E-state index contributed by atoms with van der Waals surface area (Å²) in [5.41, 5.74) is 7.15. The number of hydrogen-bond donors (Lipinski definition) is 3. The average molecular weight is 500 g/mol. The van der Waals surface area contributed by atoms with Crippen LogP contribution in [0.5, 0.6) is 0 Å². The van der Waals surface area contributed by atoms with Crippen molar-refractivity contribution in [1.82, 2.24) is 19.9 Å². The molecule has 35 heavy (non-hydrogen) atoms. The maximum Gasteiger partial charge on any atom is 0.247 e. The molecule has 180 valence electrons. The van der Waals surface area contributed by atoms with Crippen molar-refractivity contribution in [2.75, 3.05) is 11.1 Å². The van der Waals surface area contributed by atoms with Crippen LogP contribution in [0, 0.1) is 11.8 Å². The number of amides is 2. The number of fused-ring (bicyclic) bond motifs is 1.